The van der Waals surface area contributed by atoms with Crippen LogP contribution in [-0.2, 0) is 14.3 Å². The molecule has 3 fully saturated rings. The topological polar surface area (TPSA) is 63.7 Å². The Labute approximate surface area is 139 Å². The van der Waals surface area contributed by atoms with Crippen molar-refractivity contribution in [3.63, 3.8) is 0 Å². The number of benzene rings is 1. The van der Waals surface area contributed by atoms with Gasteiger partial charge in [-0.05, 0) is 54.4 Å². The van der Waals surface area contributed by atoms with E-state index in [2.05, 4.69) is 16.9 Å². The maximum atomic E-state index is 13.0. The zero-order valence-electron chi connectivity index (χ0n) is 13.3. The van der Waals surface area contributed by atoms with Gasteiger partial charge in [-0.3, -0.25) is 14.5 Å². The molecule has 2 bridgehead atoms. The minimum Gasteiger partial charge on any atom is -0.465 e. The quantitative estimate of drug-likeness (QED) is 0.475. The third-order valence-corrected chi connectivity index (χ3v) is 6.40. The molecule has 4 atom stereocenters. The molecule has 24 heavy (non-hydrogen) atoms. The molecule has 1 aromatic carbocycles. The highest BCUT2D eigenvalue weighted by molar-refractivity contribution is 6.23. The summed E-state index contributed by atoms with van der Waals surface area (Å²) in [4.78, 5) is 38.8. The number of ether oxygens (including phenoxy) is 1. The number of imide groups is 1. The Morgan fingerprint density at radius 2 is 1.58 bits per heavy atom. The van der Waals surface area contributed by atoms with Crippen LogP contribution in [0.25, 0.3) is 0 Å². The summed E-state index contributed by atoms with van der Waals surface area (Å²) < 4.78 is 4.68. The van der Waals surface area contributed by atoms with Gasteiger partial charge in [0.05, 0.1) is 30.2 Å². The van der Waals surface area contributed by atoms with Crippen LogP contribution in [0.1, 0.15) is 23.2 Å². The minimum absolute atomic E-state index is 0.0843. The van der Waals surface area contributed by atoms with Crippen LogP contribution in [0.5, 0.6) is 0 Å². The molecule has 5 nitrogen and oxygen atoms in total. The highest BCUT2D eigenvalue weighted by atomic mass is 16.5. The average Bonchev–Trinajstić information content (AvgIpc) is 3.20. The number of carbonyl (C=O) groups excluding carboxylic acids is 3. The van der Waals surface area contributed by atoms with Crippen LogP contribution in [0.15, 0.2) is 36.4 Å². The number of nitrogens with zero attached hydrogens (tertiary/aromatic N) is 1. The molecule has 2 saturated carbocycles. The largest absolute Gasteiger partial charge is 0.465 e. The fourth-order valence-electron chi connectivity index (χ4n) is 5.20. The van der Waals surface area contributed by atoms with E-state index in [-0.39, 0.29) is 40.9 Å². The van der Waals surface area contributed by atoms with E-state index in [0.29, 0.717) is 11.3 Å². The molecule has 4 unspecified atom stereocenters. The van der Waals surface area contributed by atoms with Gasteiger partial charge in [-0.2, -0.15) is 0 Å². The summed E-state index contributed by atoms with van der Waals surface area (Å²) in [6, 6.07) is 6.47. The second-order valence-electron chi connectivity index (χ2n) is 7.27. The predicted octanol–water partition coefficient (Wildman–Crippen LogP) is 2.17. The van der Waals surface area contributed by atoms with E-state index in [1.807, 2.05) is 0 Å². The van der Waals surface area contributed by atoms with E-state index in [1.54, 1.807) is 24.3 Å². The Morgan fingerprint density at radius 3 is 2.04 bits per heavy atom. The molecule has 1 heterocycles. The molecule has 0 aromatic heterocycles. The van der Waals surface area contributed by atoms with Gasteiger partial charge >= 0.3 is 5.97 Å². The maximum Gasteiger partial charge on any atom is 0.337 e. The van der Waals surface area contributed by atoms with Crippen LogP contribution >= 0.6 is 0 Å². The fourth-order valence-corrected chi connectivity index (χ4v) is 5.20. The summed E-state index contributed by atoms with van der Waals surface area (Å²) in [6.45, 7) is 0. The van der Waals surface area contributed by atoms with Gasteiger partial charge in [0.1, 0.15) is 0 Å². The number of carbonyl (C=O) groups is 3. The highest BCUT2D eigenvalue weighted by Gasteiger charge is 2.73. The summed E-state index contributed by atoms with van der Waals surface area (Å²) >= 11 is 0. The molecule has 3 aliphatic carbocycles. The number of methoxy groups -OCH3 is 1. The van der Waals surface area contributed by atoms with Crippen LogP contribution in [-0.4, -0.2) is 24.9 Å². The number of fused-ring (bicyclic) bond motifs is 3. The van der Waals surface area contributed by atoms with Gasteiger partial charge in [-0.25, -0.2) is 4.79 Å². The van der Waals surface area contributed by atoms with Crippen molar-refractivity contribution in [1.82, 2.24) is 0 Å². The van der Waals surface area contributed by atoms with Crippen LogP contribution < -0.4 is 4.90 Å². The number of amides is 2. The van der Waals surface area contributed by atoms with Crippen molar-refractivity contribution in [2.24, 2.45) is 29.1 Å². The Kier molecular flexibility index (Phi) is 2.53. The van der Waals surface area contributed by atoms with E-state index in [4.69, 9.17) is 0 Å². The molecule has 1 aliphatic heterocycles. The lowest BCUT2D eigenvalue weighted by atomic mass is 9.85. The van der Waals surface area contributed by atoms with E-state index in [9.17, 15) is 14.4 Å². The van der Waals surface area contributed by atoms with E-state index in [1.165, 1.54) is 12.0 Å². The fraction of sp³-hybridized carbons (Fsp3) is 0.421. The van der Waals surface area contributed by atoms with Crippen molar-refractivity contribution < 1.29 is 19.1 Å². The van der Waals surface area contributed by atoms with Gasteiger partial charge < -0.3 is 4.74 Å². The van der Waals surface area contributed by atoms with Gasteiger partial charge in [-0.15, -0.1) is 0 Å². The normalized spacial score (nSPS) is 34.1. The average molecular weight is 323 g/mol. The first kappa shape index (κ1) is 14.0. The summed E-state index contributed by atoms with van der Waals surface area (Å²) in [5.41, 5.74) is 1.15. The second-order valence-corrected chi connectivity index (χ2v) is 7.27. The lowest BCUT2D eigenvalue weighted by molar-refractivity contribution is -0.123. The standard InChI is InChI=1S/C19H17NO4/c1-24-18(23)10-2-4-11(5-3-10)20-16(21)14-12-6-7-13(15(14)17(20)22)19(12)8-9-19/h2-7,12-15H,8-9H2,1H3. The molecule has 0 radical (unpaired) electrons. The van der Waals surface area contributed by atoms with E-state index >= 15 is 0 Å². The lowest BCUT2D eigenvalue weighted by Gasteiger charge is -2.21. The summed E-state index contributed by atoms with van der Waals surface area (Å²) in [5.74, 6) is -0.551. The summed E-state index contributed by atoms with van der Waals surface area (Å²) in [6.07, 6.45) is 6.59. The smallest absolute Gasteiger partial charge is 0.337 e. The van der Waals surface area contributed by atoms with Crippen molar-refractivity contribution in [3.05, 3.63) is 42.0 Å². The number of esters is 1. The summed E-state index contributed by atoms with van der Waals surface area (Å²) in [7, 11) is 1.32. The van der Waals surface area contributed by atoms with Crippen LogP contribution in [0, 0.1) is 29.1 Å². The molecule has 122 valence electrons. The maximum absolute atomic E-state index is 13.0. The van der Waals surface area contributed by atoms with Crippen molar-refractivity contribution in [1.29, 1.82) is 0 Å². The SMILES string of the molecule is COC(=O)c1ccc(N2C(=O)C3C(C2=O)C2C=CC3C23CC3)cc1. The van der Waals surface area contributed by atoms with Gasteiger partial charge in [0.25, 0.3) is 0 Å². The molecule has 2 amide bonds. The molecule has 5 heteroatoms. The monoisotopic (exact) mass is 323 g/mol. The molecular formula is C19H17NO4. The minimum atomic E-state index is -0.435. The molecule has 0 N–H and O–H groups in total. The van der Waals surface area contributed by atoms with Crippen LogP contribution in [0.3, 0.4) is 0 Å². The van der Waals surface area contributed by atoms with Gasteiger partial charge in [0.2, 0.25) is 11.8 Å². The van der Waals surface area contributed by atoms with Crippen molar-refractivity contribution in [2.45, 2.75) is 12.8 Å². The first-order chi connectivity index (χ1) is 11.6. The number of anilines is 1. The van der Waals surface area contributed by atoms with E-state index < -0.39 is 5.97 Å². The molecule has 5 rings (SSSR count). The number of allylic oxidation sites excluding steroid dienone is 2. The number of rotatable bonds is 2. The number of hydrogen-bond acceptors (Lipinski definition) is 4. The molecular weight excluding hydrogens is 306 g/mol. The Bertz CT molecular complexity index is 771. The first-order valence-corrected chi connectivity index (χ1v) is 8.33. The Balaban J connectivity index is 1.48. The second kappa shape index (κ2) is 4.35. The zero-order chi connectivity index (χ0) is 16.6. The Hall–Kier alpha value is -2.43. The molecule has 1 saturated heterocycles. The van der Waals surface area contributed by atoms with Crippen molar-refractivity contribution >= 4 is 23.5 Å². The van der Waals surface area contributed by atoms with Gasteiger partial charge in [-0.1, -0.05) is 12.2 Å². The van der Waals surface area contributed by atoms with Crippen LogP contribution in [0.4, 0.5) is 5.69 Å². The third kappa shape index (κ3) is 1.48. The zero-order valence-corrected chi connectivity index (χ0v) is 13.3. The molecule has 1 aromatic rings. The van der Waals surface area contributed by atoms with Crippen LogP contribution in [0.2, 0.25) is 0 Å². The third-order valence-electron chi connectivity index (χ3n) is 6.40. The lowest BCUT2D eigenvalue weighted by Crippen LogP contribution is -2.34. The van der Waals surface area contributed by atoms with Crippen molar-refractivity contribution in [3.8, 4) is 0 Å². The highest BCUT2D eigenvalue weighted by Crippen LogP contribution is 2.73. The van der Waals surface area contributed by atoms with Crippen molar-refractivity contribution in [2.75, 3.05) is 12.0 Å². The molecule has 4 aliphatic rings. The number of hydrogen-bond donors (Lipinski definition) is 0. The predicted molar refractivity (Wildman–Crippen MR) is 85.0 cm³/mol. The first-order valence-electron chi connectivity index (χ1n) is 8.33. The van der Waals surface area contributed by atoms with Gasteiger partial charge in [0, 0.05) is 0 Å². The van der Waals surface area contributed by atoms with Gasteiger partial charge in [0.15, 0.2) is 0 Å². The Morgan fingerprint density at radius 1 is 1.04 bits per heavy atom. The van der Waals surface area contributed by atoms with E-state index in [0.717, 1.165) is 12.8 Å². The summed E-state index contributed by atoms with van der Waals surface area (Å²) in [5, 5.41) is 0. The molecule has 1 spiro atoms.